The Morgan fingerprint density at radius 2 is 1.42 bits per heavy atom. The number of carboxylic acids is 1. The first-order valence-electron chi connectivity index (χ1n) is 11.9. The van der Waals surface area contributed by atoms with Crippen LogP contribution in [0.5, 0.6) is 0 Å². The van der Waals surface area contributed by atoms with E-state index in [-0.39, 0.29) is 37.7 Å². The molecule has 36 heavy (non-hydrogen) atoms. The minimum Gasteiger partial charge on any atom is -0.480 e. The van der Waals surface area contributed by atoms with E-state index < -0.39 is 59.7 Å². The number of primary amides is 1. The number of carboxylic acid groups (broad SMARTS) is 1. The molecule has 0 bridgehead atoms. The van der Waals surface area contributed by atoms with Gasteiger partial charge in [-0.1, -0.05) is 34.1 Å². The van der Waals surface area contributed by atoms with Crippen LogP contribution < -0.4 is 38.9 Å². The Labute approximate surface area is 211 Å². The van der Waals surface area contributed by atoms with Crippen molar-refractivity contribution in [3.05, 3.63) is 0 Å². The van der Waals surface area contributed by atoms with Gasteiger partial charge in [0.25, 0.3) is 0 Å². The molecule has 206 valence electrons. The van der Waals surface area contributed by atoms with Gasteiger partial charge in [-0.05, 0) is 31.1 Å². The number of aliphatic carboxylic acids is 1. The Morgan fingerprint density at radius 1 is 0.861 bits per heavy atom. The summed E-state index contributed by atoms with van der Waals surface area (Å²) in [5.41, 5.74) is 21.4. The number of hydrogen-bond acceptors (Lipinski definition) is 7. The summed E-state index contributed by atoms with van der Waals surface area (Å²) in [6, 6.07) is -4.33. The maximum absolute atomic E-state index is 13.1. The van der Waals surface area contributed by atoms with Crippen molar-refractivity contribution >= 4 is 35.6 Å². The van der Waals surface area contributed by atoms with Gasteiger partial charge in [-0.15, -0.1) is 0 Å². The number of nitrogens with one attached hydrogen (secondary N) is 3. The molecule has 5 unspecified atom stereocenters. The maximum atomic E-state index is 13.1. The van der Waals surface area contributed by atoms with Crippen LogP contribution in [-0.2, 0) is 24.0 Å². The number of rotatable bonds is 17. The number of guanidine groups is 1. The number of aliphatic imine (C=N–C) groups is 1. The summed E-state index contributed by atoms with van der Waals surface area (Å²) in [4.78, 5) is 64.9. The van der Waals surface area contributed by atoms with Crippen LogP contribution in [0.1, 0.15) is 59.8 Å². The predicted octanol–water partition coefficient (Wildman–Crippen LogP) is -2.13. The fourth-order valence-electron chi connectivity index (χ4n) is 3.19. The topological polar surface area (TPSA) is 258 Å². The van der Waals surface area contributed by atoms with Crippen molar-refractivity contribution in [2.24, 2.45) is 39.8 Å². The SMILES string of the molecule is CCC(C)C(NC(=O)C(N)CCC(N)=O)C(=O)NC(C(=O)NC(CCCN=C(N)N)C(=O)O)C(C)C. The number of nitrogens with zero attached hydrogens (tertiary/aromatic N) is 1. The molecule has 0 rings (SSSR count). The van der Waals surface area contributed by atoms with E-state index in [1.54, 1.807) is 20.8 Å². The van der Waals surface area contributed by atoms with E-state index in [2.05, 4.69) is 20.9 Å². The Balaban J connectivity index is 5.40. The largest absolute Gasteiger partial charge is 0.480 e. The Hall–Kier alpha value is -3.42. The van der Waals surface area contributed by atoms with Gasteiger partial charge in [-0.2, -0.15) is 0 Å². The molecule has 0 aromatic heterocycles. The molecule has 5 atom stereocenters. The molecule has 0 fully saturated rings. The Kier molecular flexibility index (Phi) is 14.7. The number of amides is 4. The average Bonchev–Trinajstić information content (AvgIpc) is 2.79. The number of carbonyl (C=O) groups is 5. The fourth-order valence-corrected chi connectivity index (χ4v) is 3.19. The number of nitrogens with two attached hydrogens (primary N) is 4. The molecule has 0 spiro atoms. The van der Waals surface area contributed by atoms with Gasteiger partial charge in [0.1, 0.15) is 18.1 Å². The zero-order chi connectivity index (χ0) is 28.0. The zero-order valence-corrected chi connectivity index (χ0v) is 21.5. The van der Waals surface area contributed by atoms with Gasteiger partial charge < -0.3 is 44.0 Å². The van der Waals surface area contributed by atoms with E-state index in [4.69, 9.17) is 22.9 Å². The van der Waals surface area contributed by atoms with Crippen molar-refractivity contribution in [2.75, 3.05) is 6.54 Å². The summed E-state index contributed by atoms with van der Waals surface area (Å²) < 4.78 is 0. The van der Waals surface area contributed by atoms with Crippen molar-refractivity contribution < 1.29 is 29.1 Å². The monoisotopic (exact) mass is 514 g/mol. The van der Waals surface area contributed by atoms with Crippen LogP contribution in [0.4, 0.5) is 0 Å². The van der Waals surface area contributed by atoms with E-state index in [1.165, 1.54) is 0 Å². The molecular weight excluding hydrogens is 472 g/mol. The fraction of sp³-hybridized carbons (Fsp3) is 0.727. The van der Waals surface area contributed by atoms with Crippen LogP contribution in [-0.4, -0.2) is 71.4 Å². The van der Waals surface area contributed by atoms with Gasteiger partial charge in [-0.25, -0.2) is 4.79 Å². The second kappa shape index (κ2) is 16.3. The normalized spacial score (nSPS) is 15.1. The maximum Gasteiger partial charge on any atom is 0.326 e. The van der Waals surface area contributed by atoms with Gasteiger partial charge in [-0.3, -0.25) is 24.2 Å². The van der Waals surface area contributed by atoms with E-state index in [0.717, 1.165) is 0 Å². The highest BCUT2D eigenvalue weighted by Gasteiger charge is 2.33. The summed E-state index contributed by atoms with van der Waals surface area (Å²) >= 11 is 0. The standard InChI is InChI=1S/C22H42N8O6/c1-5-12(4)17(30-18(32)13(23)8-9-15(24)31)20(34)29-16(11(2)3)19(33)28-14(21(35)36)7-6-10-27-22(25)26/h11-14,16-17H,5-10,23H2,1-4H3,(H2,24,31)(H,28,33)(H,29,34)(H,30,32)(H,35,36)(H4,25,26,27). The van der Waals surface area contributed by atoms with Crippen LogP contribution in [0.25, 0.3) is 0 Å². The van der Waals surface area contributed by atoms with Gasteiger partial charge in [0.05, 0.1) is 6.04 Å². The lowest BCUT2D eigenvalue weighted by Gasteiger charge is -2.29. The minimum absolute atomic E-state index is 0.0206. The number of hydrogen-bond donors (Lipinski definition) is 8. The molecule has 0 aliphatic carbocycles. The zero-order valence-electron chi connectivity index (χ0n) is 21.5. The smallest absolute Gasteiger partial charge is 0.326 e. The lowest BCUT2D eigenvalue weighted by atomic mass is 9.95. The third kappa shape index (κ3) is 12.3. The van der Waals surface area contributed by atoms with E-state index in [1.807, 2.05) is 6.92 Å². The molecule has 0 aromatic rings. The Bertz CT molecular complexity index is 799. The van der Waals surface area contributed by atoms with Crippen molar-refractivity contribution in [3.63, 3.8) is 0 Å². The molecule has 0 saturated carbocycles. The van der Waals surface area contributed by atoms with Crippen molar-refractivity contribution in [3.8, 4) is 0 Å². The summed E-state index contributed by atoms with van der Waals surface area (Å²) in [6.45, 7) is 7.16. The summed E-state index contributed by atoms with van der Waals surface area (Å²) in [5.74, 6) is -4.59. The predicted molar refractivity (Wildman–Crippen MR) is 134 cm³/mol. The van der Waals surface area contributed by atoms with Gasteiger partial charge in [0.2, 0.25) is 23.6 Å². The first kappa shape index (κ1) is 32.6. The van der Waals surface area contributed by atoms with E-state index in [9.17, 15) is 29.1 Å². The molecule has 0 aliphatic rings. The molecule has 0 saturated heterocycles. The van der Waals surface area contributed by atoms with E-state index >= 15 is 0 Å². The number of carbonyl (C=O) groups excluding carboxylic acids is 4. The second-order valence-electron chi connectivity index (χ2n) is 9.06. The first-order chi connectivity index (χ1) is 16.7. The summed E-state index contributed by atoms with van der Waals surface area (Å²) in [5, 5.41) is 17.1. The van der Waals surface area contributed by atoms with E-state index in [0.29, 0.717) is 12.8 Å². The van der Waals surface area contributed by atoms with Gasteiger partial charge in [0, 0.05) is 13.0 Å². The van der Waals surface area contributed by atoms with Crippen molar-refractivity contribution in [1.82, 2.24) is 16.0 Å². The van der Waals surface area contributed by atoms with Crippen LogP contribution in [0, 0.1) is 11.8 Å². The molecule has 0 aliphatic heterocycles. The third-order valence-electron chi connectivity index (χ3n) is 5.64. The molecule has 14 nitrogen and oxygen atoms in total. The molecular formula is C22H42N8O6. The third-order valence-corrected chi connectivity index (χ3v) is 5.64. The van der Waals surface area contributed by atoms with Gasteiger partial charge in [0.15, 0.2) is 5.96 Å². The summed E-state index contributed by atoms with van der Waals surface area (Å²) in [6.07, 6.45) is 0.857. The van der Waals surface area contributed by atoms with Crippen molar-refractivity contribution in [1.29, 1.82) is 0 Å². The highest BCUT2D eigenvalue weighted by molar-refractivity contribution is 5.94. The molecule has 14 heteroatoms. The van der Waals surface area contributed by atoms with Crippen LogP contribution in [0.3, 0.4) is 0 Å². The molecule has 4 amide bonds. The van der Waals surface area contributed by atoms with Crippen LogP contribution in [0.15, 0.2) is 4.99 Å². The lowest BCUT2D eigenvalue weighted by Crippen LogP contribution is -2.59. The minimum atomic E-state index is -1.24. The lowest BCUT2D eigenvalue weighted by molar-refractivity contribution is -0.143. The molecule has 0 aromatic carbocycles. The average molecular weight is 515 g/mol. The van der Waals surface area contributed by atoms with Gasteiger partial charge >= 0.3 is 5.97 Å². The highest BCUT2D eigenvalue weighted by atomic mass is 16.4. The first-order valence-corrected chi connectivity index (χ1v) is 11.9. The summed E-state index contributed by atoms with van der Waals surface area (Å²) in [7, 11) is 0. The van der Waals surface area contributed by atoms with Crippen LogP contribution in [0.2, 0.25) is 0 Å². The second-order valence-corrected chi connectivity index (χ2v) is 9.06. The molecule has 0 radical (unpaired) electrons. The highest BCUT2D eigenvalue weighted by Crippen LogP contribution is 2.11. The molecule has 0 heterocycles. The molecule has 12 N–H and O–H groups in total. The Morgan fingerprint density at radius 3 is 1.89 bits per heavy atom. The van der Waals surface area contributed by atoms with Crippen molar-refractivity contribution in [2.45, 2.75) is 84.0 Å². The van der Waals surface area contributed by atoms with Crippen LogP contribution >= 0.6 is 0 Å². The quantitative estimate of drug-likeness (QED) is 0.0598.